The van der Waals surface area contributed by atoms with Crippen molar-refractivity contribution >= 4 is 21.4 Å². The minimum Gasteiger partial charge on any atom is -0.397 e. The Hall–Kier alpha value is -1.27. The van der Waals surface area contributed by atoms with E-state index >= 15 is 0 Å². The van der Waals surface area contributed by atoms with Crippen molar-refractivity contribution in [1.29, 1.82) is 0 Å². The van der Waals surface area contributed by atoms with Gasteiger partial charge in [-0.2, -0.15) is 0 Å². The predicted molar refractivity (Wildman–Crippen MR) is 81.9 cm³/mol. The highest BCUT2D eigenvalue weighted by atomic mass is 32.2. The molecule has 112 valence electrons. The summed E-state index contributed by atoms with van der Waals surface area (Å²) in [5, 5.41) is 8.32. The largest absolute Gasteiger partial charge is 0.397 e. The van der Waals surface area contributed by atoms with Crippen LogP contribution < -0.4 is 16.2 Å². The molecule has 0 bridgehead atoms. The van der Waals surface area contributed by atoms with Gasteiger partial charge in [0.25, 0.3) is 0 Å². The molecular weight excluding hydrogens is 274 g/mol. The van der Waals surface area contributed by atoms with E-state index in [4.69, 9.17) is 10.9 Å². The third-order valence-electron chi connectivity index (χ3n) is 3.93. The van der Waals surface area contributed by atoms with Crippen molar-refractivity contribution in [2.24, 2.45) is 11.1 Å². The van der Waals surface area contributed by atoms with E-state index in [2.05, 4.69) is 5.32 Å². The van der Waals surface area contributed by atoms with Crippen LogP contribution in [0.15, 0.2) is 23.1 Å². The molecule has 0 atom stereocenters. The molecule has 0 aromatic heterocycles. The molecule has 6 heteroatoms. The summed E-state index contributed by atoms with van der Waals surface area (Å²) in [6.45, 7) is 0.857. The van der Waals surface area contributed by atoms with E-state index in [1.807, 2.05) is 0 Å². The number of sulfonamides is 1. The highest BCUT2D eigenvalue weighted by Gasteiger charge is 2.14. The van der Waals surface area contributed by atoms with Gasteiger partial charge in [-0.3, -0.25) is 0 Å². The molecule has 0 amide bonds. The van der Waals surface area contributed by atoms with Crippen LogP contribution in [0.2, 0.25) is 0 Å². The van der Waals surface area contributed by atoms with Gasteiger partial charge < -0.3 is 11.1 Å². The maximum Gasteiger partial charge on any atom is 0.238 e. The lowest BCUT2D eigenvalue weighted by molar-refractivity contribution is 0.491. The average molecular weight is 297 g/mol. The van der Waals surface area contributed by atoms with E-state index < -0.39 is 10.0 Å². The quantitative estimate of drug-likeness (QED) is 0.554. The minimum atomic E-state index is -3.69. The van der Waals surface area contributed by atoms with Gasteiger partial charge in [-0.15, -0.1) is 0 Å². The number of hydrogen-bond donors (Lipinski definition) is 3. The van der Waals surface area contributed by atoms with Crippen molar-refractivity contribution in [2.75, 3.05) is 17.6 Å². The first-order chi connectivity index (χ1) is 9.47. The Morgan fingerprint density at radius 1 is 1.25 bits per heavy atom. The molecule has 0 spiro atoms. The van der Waals surface area contributed by atoms with Crippen LogP contribution in [-0.2, 0) is 10.0 Å². The molecule has 1 fully saturated rings. The van der Waals surface area contributed by atoms with Gasteiger partial charge in [0.15, 0.2) is 0 Å². The normalized spacial score (nSPS) is 16.4. The Labute approximate surface area is 120 Å². The molecule has 0 unspecified atom stereocenters. The molecule has 1 saturated carbocycles. The monoisotopic (exact) mass is 297 g/mol. The summed E-state index contributed by atoms with van der Waals surface area (Å²) in [5.41, 5.74) is 7.02. The van der Waals surface area contributed by atoms with E-state index in [-0.39, 0.29) is 4.90 Å². The molecule has 1 aromatic rings. The Balaban J connectivity index is 1.83. The Kier molecular flexibility index (Phi) is 4.88. The summed E-state index contributed by atoms with van der Waals surface area (Å²) in [4.78, 5) is 0.0477. The molecular formula is C14H23N3O2S. The fourth-order valence-corrected chi connectivity index (χ4v) is 3.34. The molecule has 2 rings (SSSR count). The maximum absolute atomic E-state index is 11.2. The van der Waals surface area contributed by atoms with Crippen LogP contribution in [0.4, 0.5) is 11.4 Å². The third-order valence-corrected chi connectivity index (χ3v) is 4.84. The summed E-state index contributed by atoms with van der Waals surface area (Å²) in [7, 11) is -3.69. The summed E-state index contributed by atoms with van der Waals surface area (Å²) >= 11 is 0. The number of benzene rings is 1. The van der Waals surface area contributed by atoms with Crippen LogP contribution in [-0.4, -0.2) is 15.0 Å². The van der Waals surface area contributed by atoms with Crippen LogP contribution in [0.1, 0.15) is 38.5 Å². The van der Waals surface area contributed by atoms with E-state index in [0.717, 1.165) is 24.6 Å². The zero-order chi connectivity index (χ0) is 14.6. The van der Waals surface area contributed by atoms with Gasteiger partial charge in [-0.05, 0) is 37.0 Å². The van der Waals surface area contributed by atoms with Gasteiger partial charge in [0.2, 0.25) is 10.0 Å². The van der Waals surface area contributed by atoms with Gasteiger partial charge >= 0.3 is 0 Å². The van der Waals surface area contributed by atoms with Crippen molar-refractivity contribution in [2.45, 2.75) is 43.4 Å². The van der Waals surface area contributed by atoms with Crippen LogP contribution >= 0.6 is 0 Å². The molecule has 0 radical (unpaired) electrons. The van der Waals surface area contributed by atoms with Gasteiger partial charge in [-0.1, -0.05) is 25.7 Å². The lowest BCUT2D eigenvalue weighted by atomic mass is 10.0. The Morgan fingerprint density at radius 2 is 1.95 bits per heavy atom. The first-order valence-corrected chi connectivity index (χ1v) is 8.67. The molecule has 5 nitrogen and oxygen atoms in total. The highest BCUT2D eigenvalue weighted by Crippen LogP contribution is 2.28. The topological polar surface area (TPSA) is 98.2 Å². The third kappa shape index (κ3) is 4.11. The first kappa shape index (κ1) is 15.1. The minimum absolute atomic E-state index is 0.0477. The van der Waals surface area contributed by atoms with Gasteiger partial charge in [0, 0.05) is 6.54 Å². The molecule has 0 heterocycles. The fourth-order valence-electron chi connectivity index (χ4n) is 2.79. The van der Waals surface area contributed by atoms with Crippen molar-refractivity contribution in [1.82, 2.24) is 0 Å². The second-order valence-corrected chi connectivity index (χ2v) is 7.07. The maximum atomic E-state index is 11.2. The van der Waals surface area contributed by atoms with E-state index in [9.17, 15) is 8.42 Å². The van der Waals surface area contributed by atoms with Crippen molar-refractivity contribution in [3.8, 4) is 0 Å². The SMILES string of the molecule is Nc1cc(S(N)(=O)=O)ccc1NCCCC1CCCC1. The van der Waals surface area contributed by atoms with Crippen LogP contribution in [0, 0.1) is 5.92 Å². The lowest BCUT2D eigenvalue weighted by Crippen LogP contribution is -2.13. The number of anilines is 2. The van der Waals surface area contributed by atoms with Crippen molar-refractivity contribution in [3.05, 3.63) is 18.2 Å². The number of rotatable bonds is 6. The van der Waals surface area contributed by atoms with E-state index in [1.165, 1.54) is 44.2 Å². The van der Waals surface area contributed by atoms with E-state index in [1.54, 1.807) is 6.07 Å². The zero-order valence-corrected chi connectivity index (χ0v) is 12.5. The Bertz CT molecular complexity index is 552. The Morgan fingerprint density at radius 3 is 2.55 bits per heavy atom. The molecule has 1 aromatic carbocycles. The summed E-state index contributed by atoms with van der Waals surface area (Å²) in [6, 6.07) is 4.55. The summed E-state index contributed by atoms with van der Waals surface area (Å²) in [5.74, 6) is 0.888. The zero-order valence-electron chi connectivity index (χ0n) is 11.6. The molecule has 20 heavy (non-hydrogen) atoms. The second kappa shape index (κ2) is 6.45. The average Bonchev–Trinajstić information content (AvgIpc) is 2.88. The number of hydrogen-bond acceptors (Lipinski definition) is 4. The van der Waals surface area contributed by atoms with Crippen LogP contribution in [0.5, 0.6) is 0 Å². The second-order valence-electron chi connectivity index (χ2n) is 5.51. The number of nitrogens with two attached hydrogens (primary N) is 2. The van der Waals surface area contributed by atoms with Crippen LogP contribution in [0.3, 0.4) is 0 Å². The van der Waals surface area contributed by atoms with Crippen LogP contribution in [0.25, 0.3) is 0 Å². The summed E-state index contributed by atoms with van der Waals surface area (Å²) in [6.07, 6.45) is 7.85. The number of nitrogen functional groups attached to an aromatic ring is 1. The molecule has 1 aliphatic rings. The highest BCUT2D eigenvalue weighted by molar-refractivity contribution is 7.89. The molecule has 5 N–H and O–H groups in total. The standard InChI is InChI=1S/C14H23N3O2S/c15-13-10-12(20(16,18)19)7-8-14(13)17-9-3-6-11-4-1-2-5-11/h7-8,10-11,17H,1-6,9,15H2,(H2,16,18,19). The number of primary sulfonamides is 1. The molecule has 0 aliphatic heterocycles. The summed E-state index contributed by atoms with van der Waals surface area (Å²) < 4.78 is 22.4. The molecule has 1 aliphatic carbocycles. The molecule has 0 saturated heterocycles. The van der Waals surface area contributed by atoms with Gasteiger partial charge in [0.1, 0.15) is 0 Å². The van der Waals surface area contributed by atoms with E-state index in [0.29, 0.717) is 5.69 Å². The first-order valence-electron chi connectivity index (χ1n) is 7.13. The van der Waals surface area contributed by atoms with Crippen molar-refractivity contribution < 1.29 is 8.42 Å². The van der Waals surface area contributed by atoms with Gasteiger partial charge in [0.05, 0.1) is 16.3 Å². The lowest BCUT2D eigenvalue weighted by Gasteiger charge is -2.12. The van der Waals surface area contributed by atoms with Crippen molar-refractivity contribution in [3.63, 3.8) is 0 Å². The smallest absolute Gasteiger partial charge is 0.238 e. The van der Waals surface area contributed by atoms with Gasteiger partial charge in [-0.25, -0.2) is 13.6 Å². The fraction of sp³-hybridized carbons (Fsp3) is 0.571. The number of nitrogens with one attached hydrogen (secondary N) is 1. The predicted octanol–water partition coefficient (Wildman–Crippen LogP) is 2.30.